The fourth-order valence-electron chi connectivity index (χ4n) is 2.31. The van der Waals surface area contributed by atoms with Crippen LogP contribution in [-0.2, 0) is 10.0 Å². The molecule has 1 aromatic carbocycles. The van der Waals surface area contributed by atoms with Crippen molar-refractivity contribution in [2.45, 2.75) is 12.8 Å². The van der Waals surface area contributed by atoms with Crippen LogP contribution in [0.2, 0.25) is 0 Å². The monoisotopic (exact) mass is 268 g/mol. The Morgan fingerprint density at radius 3 is 2.72 bits per heavy atom. The maximum Gasteiger partial charge on any atom is 0.211 e. The van der Waals surface area contributed by atoms with E-state index in [0.29, 0.717) is 19.0 Å². The SMILES string of the molecule is CS(=O)(=O)N1CCCC(CNc2ccccc2)C1. The summed E-state index contributed by atoms with van der Waals surface area (Å²) in [4.78, 5) is 0. The fraction of sp³-hybridized carbons (Fsp3) is 0.538. The first-order valence-electron chi connectivity index (χ1n) is 6.30. The van der Waals surface area contributed by atoms with Crippen molar-refractivity contribution in [1.82, 2.24) is 4.31 Å². The van der Waals surface area contributed by atoms with Crippen molar-refractivity contribution in [1.29, 1.82) is 0 Å². The number of nitrogens with zero attached hydrogens (tertiary/aromatic N) is 1. The number of piperidine rings is 1. The maximum absolute atomic E-state index is 11.5. The third kappa shape index (κ3) is 3.71. The average molecular weight is 268 g/mol. The fourth-order valence-corrected chi connectivity index (χ4v) is 3.26. The Balaban J connectivity index is 1.87. The molecule has 18 heavy (non-hydrogen) atoms. The molecule has 0 spiro atoms. The first-order valence-corrected chi connectivity index (χ1v) is 8.14. The molecule has 2 rings (SSSR count). The standard InChI is InChI=1S/C13H20N2O2S/c1-18(16,17)15-9-5-6-12(11-15)10-14-13-7-3-2-4-8-13/h2-4,7-8,12,14H,5-6,9-11H2,1H3. The van der Waals surface area contributed by atoms with Crippen LogP contribution in [0.3, 0.4) is 0 Å². The van der Waals surface area contributed by atoms with Gasteiger partial charge in [-0.3, -0.25) is 0 Å². The van der Waals surface area contributed by atoms with Crippen LogP contribution in [0.4, 0.5) is 5.69 Å². The second-order valence-corrected chi connectivity index (χ2v) is 6.86. The van der Waals surface area contributed by atoms with Gasteiger partial charge < -0.3 is 5.32 Å². The highest BCUT2D eigenvalue weighted by atomic mass is 32.2. The molecule has 1 aliphatic rings. The summed E-state index contributed by atoms with van der Waals surface area (Å²) in [5, 5.41) is 3.36. The molecule has 1 fully saturated rings. The molecule has 1 heterocycles. The first-order chi connectivity index (χ1) is 8.55. The van der Waals surface area contributed by atoms with Gasteiger partial charge in [-0.1, -0.05) is 18.2 Å². The molecular weight excluding hydrogens is 248 g/mol. The van der Waals surface area contributed by atoms with Crippen molar-refractivity contribution in [3.8, 4) is 0 Å². The summed E-state index contributed by atoms with van der Waals surface area (Å²) in [6.07, 6.45) is 3.33. The molecule has 1 aromatic rings. The largest absolute Gasteiger partial charge is 0.385 e. The Morgan fingerprint density at radius 1 is 1.33 bits per heavy atom. The molecule has 4 nitrogen and oxygen atoms in total. The summed E-state index contributed by atoms with van der Waals surface area (Å²) in [7, 11) is -3.04. The lowest BCUT2D eigenvalue weighted by Gasteiger charge is -2.31. The van der Waals surface area contributed by atoms with Crippen LogP contribution in [0.15, 0.2) is 30.3 Å². The van der Waals surface area contributed by atoms with Gasteiger partial charge in [0.15, 0.2) is 0 Å². The van der Waals surface area contributed by atoms with Crippen LogP contribution in [0, 0.1) is 5.92 Å². The van der Waals surface area contributed by atoms with Crippen molar-refractivity contribution in [3.63, 3.8) is 0 Å². The van der Waals surface area contributed by atoms with E-state index in [2.05, 4.69) is 5.32 Å². The van der Waals surface area contributed by atoms with Gasteiger partial charge in [0.25, 0.3) is 0 Å². The minimum absolute atomic E-state index is 0.397. The zero-order chi connectivity index (χ0) is 13.0. The summed E-state index contributed by atoms with van der Waals surface area (Å²) < 4.78 is 24.6. The number of hydrogen-bond donors (Lipinski definition) is 1. The van der Waals surface area contributed by atoms with E-state index in [1.54, 1.807) is 4.31 Å². The molecule has 5 heteroatoms. The number of sulfonamides is 1. The molecule has 0 aromatic heterocycles. The lowest BCUT2D eigenvalue weighted by atomic mass is 9.99. The predicted octanol–water partition coefficient (Wildman–Crippen LogP) is 1.77. The third-order valence-corrected chi connectivity index (χ3v) is 4.59. The molecule has 1 N–H and O–H groups in total. The number of nitrogens with one attached hydrogen (secondary N) is 1. The van der Waals surface area contributed by atoms with Crippen molar-refractivity contribution < 1.29 is 8.42 Å². The van der Waals surface area contributed by atoms with Crippen LogP contribution in [0.1, 0.15) is 12.8 Å². The van der Waals surface area contributed by atoms with E-state index in [-0.39, 0.29) is 0 Å². The minimum atomic E-state index is -3.04. The second kappa shape index (κ2) is 5.71. The third-order valence-electron chi connectivity index (χ3n) is 3.32. The number of rotatable bonds is 4. The maximum atomic E-state index is 11.5. The molecule has 0 saturated carbocycles. The highest BCUT2D eigenvalue weighted by Gasteiger charge is 2.25. The summed E-state index contributed by atoms with van der Waals surface area (Å²) in [5.74, 6) is 0.397. The molecule has 1 unspecified atom stereocenters. The topological polar surface area (TPSA) is 49.4 Å². The molecule has 0 aliphatic carbocycles. The summed E-state index contributed by atoms with van der Waals surface area (Å²) in [5.41, 5.74) is 1.09. The van der Waals surface area contributed by atoms with Crippen LogP contribution in [-0.4, -0.2) is 38.6 Å². The molecular formula is C13H20N2O2S. The van der Waals surface area contributed by atoms with E-state index in [4.69, 9.17) is 0 Å². The number of anilines is 1. The quantitative estimate of drug-likeness (QED) is 0.905. The average Bonchev–Trinajstić information content (AvgIpc) is 2.37. The van der Waals surface area contributed by atoms with E-state index >= 15 is 0 Å². The molecule has 0 amide bonds. The van der Waals surface area contributed by atoms with E-state index in [1.165, 1.54) is 6.26 Å². The van der Waals surface area contributed by atoms with Gasteiger partial charge in [0.05, 0.1) is 6.26 Å². The zero-order valence-corrected chi connectivity index (χ0v) is 11.5. The van der Waals surface area contributed by atoms with Gasteiger partial charge in [-0.05, 0) is 30.9 Å². The lowest BCUT2D eigenvalue weighted by molar-refractivity contribution is 0.277. The molecule has 1 saturated heterocycles. The smallest absolute Gasteiger partial charge is 0.211 e. The summed E-state index contributed by atoms with van der Waals surface area (Å²) in [6, 6.07) is 10.0. The van der Waals surface area contributed by atoms with E-state index < -0.39 is 10.0 Å². The Hall–Kier alpha value is -1.07. The summed E-state index contributed by atoms with van der Waals surface area (Å²) >= 11 is 0. The summed E-state index contributed by atoms with van der Waals surface area (Å²) in [6.45, 7) is 2.13. The molecule has 1 aliphatic heterocycles. The number of hydrogen-bond acceptors (Lipinski definition) is 3. The highest BCUT2D eigenvalue weighted by Crippen LogP contribution is 2.19. The highest BCUT2D eigenvalue weighted by molar-refractivity contribution is 7.88. The van der Waals surface area contributed by atoms with E-state index in [9.17, 15) is 8.42 Å². The van der Waals surface area contributed by atoms with Gasteiger partial charge in [0.1, 0.15) is 0 Å². The molecule has 0 radical (unpaired) electrons. The zero-order valence-electron chi connectivity index (χ0n) is 10.7. The van der Waals surface area contributed by atoms with Gasteiger partial charge in [0.2, 0.25) is 10.0 Å². The van der Waals surface area contributed by atoms with Crippen molar-refractivity contribution in [2.75, 3.05) is 31.2 Å². The Kier molecular flexibility index (Phi) is 4.24. The van der Waals surface area contributed by atoms with Crippen molar-refractivity contribution in [2.24, 2.45) is 5.92 Å². The molecule has 1 atom stereocenters. The molecule has 0 bridgehead atoms. The lowest BCUT2D eigenvalue weighted by Crippen LogP contribution is -2.41. The van der Waals surface area contributed by atoms with E-state index in [1.807, 2.05) is 30.3 Å². The second-order valence-electron chi connectivity index (χ2n) is 4.88. The first kappa shape index (κ1) is 13.4. The Bertz CT molecular complexity index is 473. The number of benzene rings is 1. The van der Waals surface area contributed by atoms with Crippen molar-refractivity contribution in [3.05, 3.63) is 30.3 Å². The normalized spacial score (nSPS) is 21.7. The Labute approximate surface area is 109 Å². The van der Waals surface area contributed by atoms with Gasteiger partial charge >= 0.3 is 0 Å². The van der Waals surface area contributed by atoms with Crippen LogP contribution in [0.5, 0.6) is 0 Å². The Morgan fingerprint density at radius 2 is 2.06 bits per heavy atom. The van der Waals surface area contributed by atoms with Crippen LogP contribution >= 0.6 is 0 Å². The van der Waals surface area contributed by atoms with Crippen molar-refractivity contribution >= 4 is 15.7 Å². The predicted molar refractivity (Wildman–Crippen MR) is 74.1 cm³/mol. The van der Waals surface area contributed by atoms with Crippen LogP contribution < -0.4 is 5.32 Å². The van der Waals surface area contributed by atoms with Gasteiger partial charge in [0, 0.05) is 25.3 Å². The number of para-hydroxylation sites is 1. The van der Waals surface area contributed by atoms with E-state index in [0.717, 1.165) is 25.1 Å². The van der Waals surface area contributed by atoms with Gasteiger partial charge in [-0.2, -0.15) is 0 Å². The minimum Gasteiger partial charge on any atom is -0.385 e. The molecule has 100 valence electrons. The van der Waals surface area contributed by atoms with Gasteiger partial charge in [-0.15, -0.1) is 0 Å². The van der Waals surface area contributed by atoms with Gasteiger partial charge in [-0.25, -0.2) is 12.7 Å². The van der Waals surface area contributed by atoms with Crippen LogP contribution in [0.25, 0.3) is 0 Å².